The third kappa shape index (κ3) is 5.02. The van der Waals surface area contributed by atoms with Crippen molar-refractivity contribution in [2.24, 2.45) is 0 Å². The number of fused-ring (bicyclic) bond motifs is 6. The van der Waals surface area contributed by atoms with Gasteiger partial charge in [0.2, 0.25) is 0 Å². The van der Waals surface area contributed by atoms with E-state index in [1.807, 2.05) is 115 Å². The molecule has 0 saturated carbocycles. The van der Waals surface area contributed by atoms with Crippen LogP contribution in [-0.2, 0) is 4.57 Å². The maximum atomic E-state index is 14.6. The first-order chi connectivity index (χ1) is 20.2. The Morgan fingerprint density at radius 2 is 1.02 bits per heavy atom. The van der Waals surface area contributed by atoms with Gasteiger partial charge in [0.25, 0.3) is 0 Å². The van der Waals surface area contributed by atoms with Crippen molar-refractivity contribution in [1.82, 2.24) is 0 Å². The molecule has 1 radical (unpaired) electrons. The first-order valence-electron chi connectivity index (χ1n) is 13.3. The van der Waals surface area contributed by atoms with Crippen molar-refractivity contribution in [1.29, 1.82) is 0 Å². The average Bonchev–Trinajstić information content (AvgIpc) is 3.02. The highest BCUT2D eigenvalue weighted by Crippen LogP contribution is 2.55. The molecule has 2 bridgehead atoms. The van der Waals surface area contributed by atoms with Gasteiger partial charge in [-0.3, -0.25) is 0 Å². The molecule has 0 fully saturated rings. The number of hydrogen-bond acceptors (Lipinski definition) is 4. The molecule has 6 aromatic rings. The highest BCUT2D eigenvalue weighted by atomic mass is 31.2. The lowest BCUT2D eigenvalue weighted by molar-refractivity contribution is 0.299. The number of phosphoric ester groups is 1. The molecular weight excluding hydrogens is 527 g/mol. The third-order valence-electron chi connectivity index (χ3n) is 6.97. The zero-order chi connectivity index (χ0) is 27.6. The Morgan fingerprint density at radius 3 is 1.66 bits per heavy atom. The SMILES string of the molecule is O=P1(Oc2ccccc2-c2cccc(-c3[c]cccc3)c2)Oc2ccccc2-c2cccc(c2)-c2ccccc2O1. The minimum Gasteiger partial charge on any atom is -0.385 e. The van der Waals surface area contributed by atoms with Gasteiger partial charge in [-0.25, -0.2) is 0 Å². The highest BCUT2D eigenvalue weighted by molar-refractivity contribution is 7.49. The van der Waals surface area contributed by atoms with Crippen LogP contribution < -0.4 is 13.6 Å². The van der Waals surface area contributed by atoms with Gasteiger partial charge in [-0.2, -0.15) is 4.57 Å². The van der Waals surface area contributed by atoms with E-state index in [-0.39, 0.29) is 0 Å². The topological polar surface area (TPSA) is 44.8 Å². The number of rotatable bonds is 4. The molecule has 197 valence electrons. The zero-order valence-corrected chi connectivity index (χ0v) is 22.8. The molecule has 5 heteroatoms. The summed E-state index contributed by atoms with van der Waals surface area (Å²) in [6.45, 7) is 0. The largest absolute Gasteiger partial charge is 0.647 e. The molecule has 1 aliphatic heterocycles. The molecule has 7 rings (SSSR count). The van der Waals surface area contributed by atoms with Crippen molar-refractivity contribution >= 4 is 7.82 Å². The molecule has 6 aromatic carbocycles. The molecule has 4 nitrogen and oxygen atoms in total. The summed E-state index contributed by atoms with van der Waals surface area (Å²) in [5.74, 6) is 1.20. The fraction of sp³-hybridized carbons (Fsp3) is 0. The summed E-state index contributed by atoms with van der Waals surface area (Å²) < 4.78 is 33.3. The summed E-state index contributed by atoms with van der Waals surface area (Å²) in [6, 6.07) is 49.7. The summed E-state index contributed by atoms with van der Waals surface area (Å²) in [6.07, 6.45) is 0. The van der Waals surface area contributed by atoms with Gasteiger partial charge < -0.3 is 13.6 Å². The van der Waals surface area contributed by atoms with Crippen LogP contribution in [0, 0.1) is 6.07 Å². The summed E-state index contributed by atoms with van der Waals surface area (Å²) in [7, 11) is -4.26. The molecule has 0 saturated heterocycles. The molecule has 0 N–H and O–H groups in total. The molecule has 0 aromatic heterocycles. The Kier molecular flexibility index (Phi) is 6.39. The Hall–Kier alpha value is -5.05. The maximum absolute atomic E-state index is 14.6. The van der Waals surface area contributed by atoms with E-state index < -0.39 is 7.82 Å². The fourth-order valence-electron chi connectivity index (χ4n) is 5.05. The minimum atomic E-state index is -4.26. The predicted octanol–water partition coefficient (Wildman–Crippen LogP) is 10.1. The van der Waals surface area contributed by atoms with E-state index in [1.165, 1.54) is 0 Å². The standard InChI is InChI=1S/C36H24O4P/c37-41(38-34-21-7-4-18-31(34)28-15-10-14-27(24-28)26-12-2-1-3-13-26)39-35-22-8-5-19-32(35)29-16-11-17-30(25-29)33-20-6-9-23-36(33)40-41/h1-12,14-25H. The van der Waals surface area contributed by atoms with Gasteiger partial charge in [0.1, 0.15) is 17.2 Å². The summed E-state index contributed by atoms with van der Waals surface area (Å²) in [5, 5.41) is 0. The normalized spacial score (nSPS) is 13.1. The van der Waals surface area contributed by atoms with E-state index in [0.717, 1.165) is 44.5 Å². The van der Waals surface area contributed by atoms with E-state index >= 15 is 0 Å². The van der Waals surface area contributed by atoms with Crippen molar-refractivity contribution in [3.8, 4) is 61.8 Å². The summed E-state index contributed by atoms with van der Waals surface area (Å²) in [4.78, 5) is 0. The van der Waals surface area contributed by atoms with Crippen LogP contribution in [0.25, 0.3) is 44.5 Å². The Morgan fingerprint density at radius 1 is 0.512 bits per heavy atom. The highest BCUT2D eigenvalue weighted by Gasteiger charge is 2.36. The lowest BCUT2D eigenvalue weighted by Gasteiger charge is -2.24. The van der Waals surface area contributed by atoms with Crippen molar-refractivity contribution in [3.05, 3.63) is 152 Å². The Bertz CT molecular complexity index is 1850. The van der Waals surface area contributed by atoms with Crippen LogP contribution in [0.2, 0.25) is 0 Å². The van der Waals surface area contributed by atoms with Crippen molar-refractivity contribution in [2.75, 3.05) is 0 Å². The number of hydrogen-bond donors (Lipinski definition) is 0. The minimum absolute atomic E-state index is 0.385. The summed E-state index contributed by atoms with van der Waals surface area (Å²) in [5.41, 5.74) is 7.13. The third-order valence-corrected chi connectivity index (χ3v) is 8.23. The molecule has 1 heterocycles. The van der Waals surface area contributed by atoms with Crippen LogP contribution in [0.5, 0.6) is 17.2 Å². The van der Waals surface area contributed by atoms with E-state index in [1.54, 1.807) is 18.2 Å². The van der Waals surface area contributed by atoms with E-state index in [2.05, 4.69) is 18.2 Å². The van der Waals surface area contributed by atoms with E-state index in [9.17, 15) is 4.57 Å². The molecule has 0 aliphatic carbocycles. The molecule has 0 amide bonds. The van der Waals surface area contributed by atoms with Gasteiger partial charge in [0.15, 0.2) is 0 Å². The van der Waals surface area contributed by atoms with Gasteiger partial charge in [-0.15, -0.1) is 0 Å². The van der Waals surface area contributed by atoms with Crippen molar-refractivity contribution in [3.63, 3.8) is 0 Å². The second-order valence-corrected chi connectivity index (χ2v) is 11.1. The first-order valence-corrected chi connectivity index (χ1v) is 14.8. The van der Waals surface area contributed by atoms with Crippen LogP contribution in [-0.4, -0.2) is 0 Å². The lowest BCUT2D eigenvalue weighted by Crippen LogP contribution is -2.10. The van der Waals surface area contributed by atoms with Gasteiger partial charge in [-0.1, -0.05) is 115 Å². The van der Waals surface area contributed by atoms with Gasteiger partial charge >= 0.3 is 7.82 Å². The molecular formula is C36H24O4P. The smallest absolute Gasteiger partial charge is 0.385 e. The first kappa shape index (κ1) is 25.0. The zero-order valence-electron chi connectivity index (χ0n) is 21.9. The fourth-order valence-corrected chi connectivity index (χ4v) is 6.37. The average molecular weight is 552 g/mol. The molecule has 41 heavy (non-hydrogen) atoms. The maximum Gasteiger partial charge on any atom is 0.647 e. The molecule has 0 unspecified atom stereocenters. The van der Waals surface area contributed by atoms with E-state index in [0.29, 0.717) is 17.2 Å². The number of benzene rings is 6. The molecule has 0 spiro atoms. The number of phosphoric acid groups is 1. The Labute approximate surface area is 239 Å². The van der Waals surface area contributed by atoms with Crippen LogP contribution in [0.1, 0.15) is 0 Å². The van der Waals surface area contributed by atoms with Gasteiger partial charge in [0.05, 0.1) is 0 Å². The van der Waals surface area contributed by atoms with Crippen LogP contribution >= 0.6 is 7.82 Å². The van der Waals surface area contributed by atoms with Gasteiger partial charge in [-0.05, 0) is 64.2 Å². The predicted molar refractivity (Wildman–Crippen MR) is 163 cm³/mol. The second kappa shape index (κ2) is 10.5. The van der Waals surface area contributed by atoms with Gasteiger partial charge in [0, 0.05) is 16.7 Å². The van der Waals surface area contributed by atoms with Crippen LogP contribution in [0.4, 0.5) is 0 Å². The van der Waals surface area contributed by atoms with Crippen molar-refractivity contribution < 1.29 is 18.1 Å². The Balaban J connectivity index is 1.34. The number of para-hydroxylation sites is 3. The molecule has 1 aliphatic rings. The second-order valence-electron chi connectivity index (χ2n) is 9.65. The quantitative estimate of drug-likeness (QED) is 0.205. The van der Waals surface area contributed by atoms with E-state index in [4.69, 9.17) is 13.6 Å². The lowest BCUT2D eigenvalue weighted by atomic mass is 9.98. The summed E-state index contributed by atoms with van der Waals surface area (Å²) >= 11 is 0. The molecule has 0 atom stereocenters. The van der Waals surface area contributed by atoms with Crippen LogP contribution in [0.3, 0.4) is 0 Å². The van der Waals surface area contributed by atoms with Crippen molar-refractivity contribution in [2.45, 2.75) is 0 Å². The van der Waals surface area contributed by atoms with Crippen LogP contribution in [0.15, 0.2) is 146 Å². The monoisotopic (exact) mass is 551 g/mol.